The van der Waals surface area contributed by atoms with Crippen molar-refractivity contribution in [3.8, 4) is 11.5 Å². The first-order chi connectivity index (χ1) is 19.3. The van der Waals surface area contributed by atoms with Gasteiger partial charge >= 0.3 is 0 Å². The molecule has 1 saturated heterocycles. The number of likely N-dealkylation sites (tertiary alicyclic amines) is 1. The molecule has 1 aliphatic heterocycles. The van der Waals surface area contributed by atoms with E-state index in [2.05, 4.69) is 37.1 Å². The van der Waals surface area contributed by atoms with Crippen molar-refractivity contribution in [2.24, 2.45) is 5.92 Å². The predicted octanol–water partition coefficient (Wildman–Crippen LogP) is 5.18. The third-order valence-corrected chi connectivity index (χ3v) is 8.67. The topological polar surface area (TPSA) is 118 Å². The summed E-state index contributed by atoms with van der Waals surface area (Å²) in [4.78, 5) is 11.3. The second-order valence-corrected chi connectivity index (χ2v) is 12.1. The highest BCUT2D eigenvalue weighted by atomic mass is 35.5. The van der Waals surface area contributed by atoms with Gasteiger partial charge in [-0.3, -0.25) is 4.90 Å². The molecule has 12 heteroatoms. The molecule has 5 rings (SSSR count). The van der Waals surface area contributed by atoms with Crippen LogP contribution in [0.5, 0.6) is 11.5 Å². The van der Waals surface area contributed by atoms with Gasteiger partial charge in [0.15, 0.2) is 5.82 Å². The van der Waals surface area contributed by atoms with E-state index in [4.69, 9.17) is 21.1 Å². The molecule has 2 aliphatic rings. The van der Waals surface area contributed by atoms with Crippen molar-refractivity contribution in [3.63, 3.8) is 0 Å². The Balaban J connectivity index is 1.33. The molecular formula is C28H35ClN6O4S. The SMILES string of the molecule is CCOc1cc(OC2CCN(CC)C2)ccc1Nc1ncc(Cl)c(Nc2ccccc2S(=O)(=O)NCC2CC2)n1. The molecule has 1 atom stereocenters. The van der Waals surface area contributed by atoms with E-state index in [1.807, 2.05) is 25.1 Å². The molecular weight excluding hydrogens is 552 g/mol. The van der Waals surface area contributed by atoms with E-state index in [9.17, 15) is 8.42 Å². The maximum absolute atomic E-state index is 13.0. The van der Waals surface area contributed by atoms with Crippen LogP contribution in [0.2, 0.25) is 5.02 Å². The monoisotopic (exact) mass is 586 g/mol. The van der Waals surface area contributed by atoms with Gasteiger partial charge in [0.2, 0.25) is 16.0 Å². The number of hydrogen-bond donors (Lipinski definition) is 3. The Kier molecular flexibility index (Phi) is 8.94. The number of aromatic nitrogens is 2. The molecule has 2 aromatic carbocycles. The summed E-state index contributed by atoms with van der Waals surface area (Å²) in [6.07, 6.45) is 4.70. The number of nitrogens with zero attached hydrogens (tertiary/aromatic N) is 3. The fourth-order valence-corrected chi connectivity index (χ4v) is 5.94. The lowest BCUT2D eigenvalue weighted by molar-refractivity contribution is 0.201. The molecule has 214 valence electrons. The summed E-state index contributed by atoms with van der Waals surface area (Å²) < 4.78 is 40.7. The number of halogens is 1. The zero-order valence-corrected chi connectivity index (χ0v) is 24.3. The van der Waals surface area contributed by atoms with Crippen molar-refractivity contribution in [2.75, 3.05) is 43.4 Å². The van der Waals surface area contributed by atoms with Crippen molar-refractivity contribution in [1.29, 1.82) is 0 Å². The summed E-state index contributed by atoms with van der Waals surface area (Å²) in [5.74, 6) is 2.30. The first-order valence-corrected chi connectivity index (χ1v) is 15.5. The highest BCUT2D eigenvalue weighted by Crippen LogP contribution is 2.34. The Morgan fingerprint density at radius 2 is 1.90 bits per heavy atom. The van der Waals surface area contributed by atoms with Gasteiger partial charge in [-0.1, -0.05) is 30.7 Å². The number of benzene rings is 2. The van der Waals surface area contributed by atoms with Crippen molar-refractivity contribution in [1.82, 2.24) is 19.6 Å². The molecule has 10 nitrogen and oxygen atoms in total. The van der Waals surface area contributed by atoms with Gasteiger partial charge in [0.1, 0.15) is 27.5 Å². The quantitative estimate of drug-likeness (QED) is 0.249. The Morgan fingerprint density at radius 1 is 1.07 bits per heavy atom. The van der Waals surface area contributed by atoms with Crippen molar-refractivity contribution < 1.29 is 17.9 Å². The molecule has 0 radical (unpaired) electrons. The number of hydrogen-bond acceptors (Lipinski definition) is 9. The fraction of sp³-hybridized carbons (Fsp3) is 0.429. The Labute approximate surface area is 240 Å². The smallest absolute Gasteiger partial charge is 0.242 e. The van der Waals surface area contributed by atoms with E-state index >= 15 is 0 Å². The van der Waals surface area contributed by atoms with Crippen LogP contribution in [0.15, 0.2) is 53.6 Å². The lowest BCUT2D eigenvalue weighted by atomic mass is 10.2. The number of likely N-dealkylation sites (N-methyl/N-ethyl adjacent to an activating group) is 1. The Morgan fingerprint density at radius 3 is 2.65 bits per heavy atom. The van der Waals surface area contributed by atoms with Crippen LogP contribution in [-0.2, 0) is 10.0 Å². The molecule has 3 N–H and O–H groups in total. The first-order valence-electron chi connectivity index (χ1n) is 13.7. The molecule has 1 unspecified atom stereocenters. The zero-order valence-electron chi connectivity index (χ0n) is 22.7. The zero-order chi connectivity index (χ0) is 28.1. The first kappa shape index (κ1) is 28.4. The summed E-state index contributed by atoms with van der Waals surface area (Å²) in [6, 6.07) is 12.3. The van der Waals surface area contributed by atoms with E-state index in [0.717, 1.165) is 44.6 Å². The molecule has 0 spiro atoms. The Hall–Kier alpha value is -3.12. The highest BCUT2D eigenvalue weighted by molar-refractivity contribution is 7.89. The maximum Gasteiger partial charge on any atom is 0.242 e. The third-order valence-electron chi connectivity index (χ3n) is 6.91. The van der Waals surface area contributed by atoms with E-state index in [0.29, 0.717) is 36.2 Å². The summed E-state index contributed by atoms with van der Waals surface area (Å²) in [5, 5.41) is 6.51. The predicted molar refractivity (Wildman–Crippen MR) is 157 cm³/mol. The van der Waals surface area contributed by atoms with Gasteiger partial charge in [0.25, 0.3) is 0 Å². The number of ether oxygens (including phenoxy) is 2. The summed E-state index contributed by atoms with van der Waals surface area (Å²) in [5.41, 5.74) is 1.03. The van der Waals surface area contributed by atoms with Gasteiger partial charge < -0.3 is 20.1 Å². The van der Waals surface area contributed by atoms with Crippen molar-refractivity contribution in [2.45, 2.75) is 44.1 Å². The number of rotatable bonds is 13. The number of anilines is 4. The summed E-state index contributed by atoms with van der Waals surface area (Å²) in [6.45, 7) is 7.95. The van der Waals surface area contributed by atoms with E-state index < -0.39 is 10.0 Å². The van der Waals surface area contributed by atoms with Crippen molar-refractivity contribution in [3.05, 3.63) is 53.7 Å². The minimum Gasteiger partial charge on any atom is -0.492 e. The van der Waals surface area contributed by atoms with Gasteiger partial charge in [0.05, 0.1) is 24.2 Å². The van der Waals surface area contributed by atoms with Gasteiger partial charge in [0, 0.05) is 25.7 Å². The normalized spacial score (nSPS) is 17.5. The van der Waals surface area contributed by atoms with Gasteiger partial charge in [-0.2, -0.15) is 4.98 Å². The second kappa shape index (κ2) is 12.6. The van der Waals surface area contributed by atoms with Crippen LogP contribution >= 0.6 is 11.6 Å². The largest absolute Gasteiger partial charge is 0.492 e. The molecule has 1 saturated carbocycles. The lowest BCUT2D eigenvalue weighted by Crippen LogP contribution is -2.26. The average molecular weight is 587 g/mol. The highest BCUT2D eigenvalue weighted by Gasteiger charge is 2.26. The van der Waals surface area contributed by atoms with Crippen LogP contribution < -0.4 is 24.8 Å². The van der Waals surface area contributed by atoms with Gasteiger partial charge in [-0.25, -0.2) is 18.1 Å². The average Bonchev–Trinajstić information content (AvgIpc) is 3.68. The molecule has 1 aliphatic carbocycles. The van der Waals surface area contributed by atoms with E-state index in [1.165, 1.54) is 6.20 Å². The maximum atomic E-state index is 13.0. The number of para-hydroxylation sites is 1. The third kappa shape index (κ3) is 7.14. The minimum absolute atomic E-state index is 0.123. The second-order valence-electron chi connectivity index (χ2n) is 9.94. The van der Waals surface area contributed by atoms with Crippen LogP contribution in [0, 0.1) is 5.92 Å². The Bertz CT molecular complexity index is 1440. The van der Waals surface area contributed by atoms with Crippen LogP contribution in [0.3, 0.4) is 0 Å². The molecule has 1 aromatic heterocycles. The standard InChI is InChI=1S/C28H35ClN6O4S/c1-3-35-14-13-21(18-35)39-20-11-12-23(25(15-20)38-4-2)33-28-30-17-22(29)27(34-28)32-24-7-5-6-8-26(24)40(36,37)31-16-19-9-10-19/h5-8,11-12,15,17,19,21,31H,3-4,9-10,13-14,16,18H2,1-2H3,(H2,30,32,33,34). The summed E-state index contributed by atoms with van der Waals surface area (Å²) in [7, 11) is -3.71. The molecule has 0 amide bonds. The molecule has 2 heterocycles. The number of nitrogens with one attached hydrogen (secondary N) is 3. The van der Waals surface area contributed by atoms with Crippen LogP contribution in [0.1, 0.15) is 33.1 Å². The lowest BCUT2D eigenvalue weighted by Gasteiger charge is -2.18. The minimum atomic E-state index is -3.71. The fourth-order valence-electron chi connectivity index (χ4n) is 4.52. The molecule has 0 bridgehead atoms. The van der Waals surface area contributed by atoms with Gasteiger partial charge in [-0.05, 0) is 62.9 Å². The molecule has 2 fully saturated rings. The van der Waals surface area contributed by atoms with E-state index in [-0.39, 0.29) is 27.8 Å². The van der Waals surface area contributed by atoms with Crippen LogP contribution in [-0.4, -0.2) is 62.2 Å². The van der Waals surface area contributed by atoms with Gasteiger partial charge in [-0.15, -0.1) is 0 Å². The molecule has 40 heavy (non-hydrogen) atoms. The summed E-state index contributed by atoms with van der Waals surface area (Å²) >= 11 is 6.41. The van der Waals surface area contributed by atoms with Crippen molar-refractivity contribution >= 4 is 44.8 Å². The number of sulfonamides is 1. The van der Waals surface area contributed by atoms with Crippen LogP contribution in [0.4, 0.5) is 23.1 Å². The van der Waals surface area contributed by atoms with E-state index in [1.54, 1.807) is 24.3 Å². The molecule has 3 aromatic rings. The van der Waals surface area contributed by atoms with Crippen LogP contribution in [0.25, 0.3) is 0 Å².